The topological polar surface area (TPSA) is 63.2 Å². The van der Waals surface area contributed by atoms with E-state index in [1.54, 1.807) is 18.2 Å². The Kier molecular flexibility index (Phi) is 2.82. The fourth-order valence-electron chi connectivity index (χ4n) is 4.61. The van der Waals surface area contributed by atoms with Crippen LogP contribution in [0.1, 0.15) is 36.5 Å². The summed E-state index contributed by atoms with van der Waals surface area (Å²) in [5.74, 6) is 2.48. The zero-order valence-electron chi connectivity index (χ0n) is 12.0. The Labute approximate surface area is 125 Å². The van der Waals surface area contributed by atoms with Gasteiger partial charge in [-0.15, -0.1) is 0 Å². The van der Waals surface area contributed by atoms with E-state index in [0.29, 0.717) is 17.4 Å². The second kappa shape index (κ2) is 4.40. The standard InChI is InChI=1S/C16H19NO3S/c1-9(18)10-3-2-4-13(8-10)21(19,20)17-16-14-11-5-6-12(7-11)15(14)16/h2-4,8,11-12,14-17H,5-7H2,1H3. The zero-order valence-corrected chi connectivity index (χ0v) is 12.8. The molecule has 3 fully saturated rings. The monoisotopic (exact) mass is 305 g/mol. The van der Waals surface area contributed by atoms with E-state index in [1.807, 2.05) is 0 Å². The predicted molar refractivity (Wildman–Crippen MR) is 78.4 cm³/mol. The van der Waals surface area contributed by atoms with E-state index in [2.05, 4.69) is 4.72 Å². The largest absolute Gasteiger partial charge is 0.295 e. The SMILES string of the molecule is CC(=O)c1cccc(S(=O)(=O)NC2C3C4CCC(C4)C23)c1. The van der Waals surface area contributed by atoms with E-state index in [-0.39, 0.29) is 16.7 Å². The molecule has 5 heteroatoms. The highest BCUT2D eigenvalue weighted by atomic mass is 32.2. The molecular weight excluding hydrogens is 286 g/mol. The zero-order chi connectivity index (χ0) is 14.8. The molecule has 0 radical (unpaired) electrons. The molecule has 4 atom stereocenters. The van der Waals surface area contributed by atoms with Gasteiger partial charge in [0, 0.05) is 11.6 Å². The number of hydrogen-bond acceptors (Lipinski definition) is 3. The van der Waals surface area contributed by atoms with Crippen molar-refractivity contribution in [3.8, 4) is 0 Å². The quantitative estimate of drug-likeness (QED) is 0.868. The molecule has 4 unspecified atom stereocenters. The number of fused-ring (bicyclic) bond motifs is 5. The van der Waals surface area contributed by atoms with Crippen LogP contribution in [0.2, 0.25) is 0 Å². The van der Waals surface area contributed by atoms with Gasteiger partial charge in [0.2, 0.25) is 10.0 Å². The maximum Gasteiger partial charge on any atom is 0.240 e. The summed E-state index contributed by atoms with van der Waals surface area (Å²) < 4.78 is 27.9. The number of carbonyl (C=O) groups is 1. The third kappa shape index (κ3) is 2.06. The lowest BCUT2D eigenvalue weighted by Gasteiger charge is -2.11. The lowest BCUT2D eigenvalue weighted by Crippen LogP contribution is -2.30. The molecule has 2 bridgehead atoms. The summed E-state index contributed by atoms with van der Waals surface area (Å²) in [5, 5.41) is 0. The highest BCUT2D eigenvalue weighted by Gasteiger charge is 2.65. The average Bonchev–Trinajstić information content (AvgIpc) is 2.85. The minimum atomic E-state index is -3.52. The summed E-state index contributed by atoms with van der Waals surface area (Å²) in [6.45, 7) is 1.45. The van der Waals surface area contributed by atoms with Gasteiger partial charge >= 0.3 is 0 Å². The van der Waals surface area contributed by atoms with Crippen LogP contribution >= 0.6 is 0 Å². The van der Waals surface area contributed by atoms with Gasteiger partial charge in [-0.1, -0.05) is 12.1 Å². The van der Waals surface area contributed by atoms with Crippen molar-refractivity contribution in [3.63, 3.8) is 0 Å². The van der Waals surface area contributed by atoms with Crippen LogP contribution in [0.15, 0.2) is 29.2 Å². The minimum Gasteiger partial charge on any atom is -0.295 e. The Hall–Kier alpha value is -1.20. The first-order chi connectivity index (χ1) is 9.97. The van der Waals surface area contributed by atoms with Gasteiger partial charge in [0.25, 0.3) is 0 Å². The van der Waals surface area contributed by atoms with E-state index in [0.717, 1.165) is 11.8 Å². The number of Topliss-reactive ketones (excluding diaryl/α,β-unsaturated/α-hetero) is 1. The first kappa shape index (κ1) is 13.5. The summed E-state index contributed by atoms with van der Waals surface area (Å²) >= 11 is 0. The summed E-state index contributed by atoms with van der Waals surface area (Å²) in [6, 6.07) is 6.43. The second-order valence-corrected chi connectivity index (χ2v) is 8.43. The van der Waals surface area contributed by atoms with Crippen LogP contribution in [0, 0.1) is 23.7 Å². The Balaban J connectivity index is 1.55. The lowest BCUT2D eigenvalue weighted by molar-refractivity contribution is 0.101. The Morgan fingerprint density at radius 3 is 2.48 bits per heavy atom. The van der Waals surface area contributed by atoms with E-state index in [9.17, 15) is 13.2 Å². The summed E-state index contributed by atoms with van der Waals surface area (Å²) in [5.41, 5.74) is 0.439. The van der Waals surface area contributed by atoms with Gasteiger partial charge in [-0.3, -0.25) is 4.79 Å². The lowest BCUT2D eigenvalue weighted by atomic mass is 10.0. The number of nitrogens with one attached hydrogen (secondary N) is 1. The van der Waals surface area contributed by atoms with Crippen LogP contribution in [0.25, 0.3) is 0 Å². The molecule has 1 aromatic rings. The molecule has 0 amide bonds. The minimum absolute atomic E-state index is 0.117. The highest BCUT2D eigenvalue weighted by Crippen LogP contribution is 2.65. The van der Waals surface area contributed by atoms with Gasteiger partial charge in [0.15, 0.2) is 5.78 Å². The number of rotatable bonds is 4. The van der Waals surface area contributed by atoms with Gasteiger partial charge < -0.3 is 0 Å². The van der Waals surface area contributed by atoms with Crippen molar-refractivity contribution in [2.45, 2.75) is 37.1 Å². The van der Waals surface area contributed by atoms with Crippen molar-refractivity contribution in [1.82, 2.24) is 4.72 Å². The van der Waals surface area contributed by atoms with Gasteiger partial charge in [-0.25, -0.2) is 13.1 Å². The van der Waals surface area contributed by atoms with Crippen molar-refractivity contribution in [2.75, 3.05) is 0 Å². The Morgan fingerprint density at radius 2 is 1.86 bits per heavy atom. The van der Waals surface area contributed by atoms with Gasteiger partial charge in [-0.05, 0) is 62.0 Å². The molecule has 1 aromatic carbocycles. The van der Waals surface area contributed by atoms with E-state index >= 15 is 0 Å². The maximum atomic E-state index is 12.5. The number of sulfonamides is 1. The van der Waals surface area contributed by atoms with Gasteiger partial charge in [0.1, 0.15) is 0 Å². The van der Waals surface area contributed by atoms with Crippen molar-refractivity contribution in [2.24, 2.45) is 23.7 Å². The fourth-order valence-corrected chi connectivity index (χ4v) is 5.96. The molecule has 3 aliphatic carbocycles. The molecule has 3 aliphatic rings. The fraction of sp³-hybridized carbons (Fsp3) is 0.562. The van der Waals surface area contributed by atoms with Crippen molar-refractivity contribution >= 4 is 15.8 Å². The number of benzene rings is 1. The van der Waals surface area contributed by atoms with Crippen LogP contribution < -0.4 is 4.72 Å². The summed E-state index contributed by atoms with van der Waals surface area (Å²) in [4.78, 5) is 11.6. The van der Waals surface area contributed by atoms with Crippen molar-refractivity contribution < 1.29 is 13.2 Å². The molecule has 0 aromatic heterocycles. The molecule has 0 spiro atoms. The molecule has 4 nitrogen and oxygen atoms in total. The van der Waals surface area contributed by atoms with E-state index in [1.165, 1.54) is 32.3 Å². The molecule has 4 rings (SSSR count). The number of carbonyl (C=O) groups excluding carboxylic acids is 1. The second-order valence-electron chi connectivity index (χ2n) is 6.72. The summed E-state index contributed by atoms with van der Waals surface area (Å²) in [7, 11) is -3.52. The molecule has 1 N–H and O–H groups in total. The Morgan fingerprint density at radius 1 is 1.19 bits per heavy atom. The maximum absolute atomic E-state index is 12.5. The average molecular weight is 305 g/mol. The first-order valence-electron chi connectivity index (χ1n) is 7.61. The third-order valence-corrected chi connectivity index (χ3v) is 7.03. The van der Waals surface area contributed by atoms with Crippen LogP contribution in [0.3, 0.4) is 0 Å². The molecular formula is C16H19NO3S. The number of ketones is 1. The van der Waals surface area contributed by atoms with Crippen LogP contribution in [-0.4, -0.2) is 20.2 Å². The van der Waals surface area contributed by atoms with Crippen molar-refractivity contribution in [3.05, 3.63) is 29.8 Å². The van der Waals surface area contributed by atoms with Gasteiger partial charge in [0.05, 0.1) is 4.90 Å². The van der Waals surface area contributed by atoms with Crippen molar-refractivity contribution in [1.29, 1.82) is 0 Å². The molecule has 3 saturated carbocycles. The highest BCUT2D eigenvalue weighted by molar-refractivity contribution is 7.89. The third-order valence-electron chi connectivity index (χ3n) is 5.58. The van der Waals surface area contributed by atoms with Gasteiger partial charge in [-0.2, -0.15) is 0 Å². The molecule has 0 aliphatic heterocycles. The number of hydrogen-bond donors (Lipinski definition) is 1. The van der Waals surface area contributed by atoms with Crippen LogP contribution in [-0.2, 0) is 10.0 Å². The van der Waals surface area contributed by atoms with E-state index < -0.39 is 10.0 Å². The first-order valence-corrected chi connectivity index (χ1v) is 9.09. The smallest absolute Gasteiger partial charge is 0.240 e. The Bertz CT molecular complexity index is 696. The normalized spacial score (nSPS) is 36.5. The molecule has 0 heterocycles. The van der Waals surface area contributed by atoms with Crippen LogP contribution in [0.4, 0.5) is 0 Å². The summed E-state index contributed by atoms with van der Waals surface area (Å²) in [6.07, 6.45) is 3.83. The predicted octanol–water partition coefficient (Wildman–Crippen LogP) is 2.21. The molecule has 21 heavy (non-hydrogen) atoms. The van der Waals surface area contributed by atoms with Crippen LogP contribution in [0.5, 0.6) is 0 Å². The van der Waals surface area contributed by atoms with E-state index in [4.69, 9.17) is 0 Å². The molecule has 0 saturated heterocycles. The molecule has 112 valence electrons.